The monoisotopic (exact) mass is 419 g/mol. The van der Waals surface area contributed by atoms with E-state index < -0.39 is 6.10 Å². The lowest BCUT2D eigenvalue weighted by Crippen LogP contribution is -2.55. The van der Waals surface area contributed by atoms with Crippen LogP contribution in [0.15, 0.2) is 60.9 Å². The quantitative estimate of drug-likeness (QED) is 0.676. The highest BCUT2D eigenvalue weighted by atomic mass is 19.1. The van der Waals surface area contributed by atoms with Crippen molar-refractivity contribution in [3.05, 3.63) is 77.9 Å². The van der Waals surface area contributed by atoms with Crippen molar-refractivity contribution in [2.75, 3.05) is 29.9 Å². The van der Waals surface area contributed by atoms with Crippen LogP contribution in [0.5, 0.6) is 0 Å². The summed E-state index contributed by atoms with van der Waals surface area (Å²) in [6.07, 6.45) is 2.90. The van der Waals surface area contributed by atoms with E-state index in [4.69, 9.17) is 0 Å². The van der Waals surface area contributed by atoms with Gasteiger partial charge in [-0.2, -0.15) is 0 Å². The maximum atomic E-state index is 13.9. The lowest BCUT2D eigenvalue weighted by Gasteiger charge is -2.43. The van der Waals surface area contributed by atoms with Crippen LogP contribution in [-0.4, -0.2) is 51.8 Å². The maximum Gasteiger partial charge on any atom is 0.146 e. The minimum absolute atomic E-state index is 0.141. The SMILES string of the molecule is O[C@@H]1CN(c2cc(Nc3ccccc3F)ncn2)CC[C@H]1N1CCc2ccccc2C1. The Kier molecular flexibility index (Phi) is 5.53. The molecule has 6 nitrogen and oxygen atoms in total. The van der Waals surface area contributed by atoms with Gasteiger partial charge >= 0.3 is 0 Å². The fourth-order valence-electron chi connectivity index (χ4n) is 4.64. The summed E-state index contributed by atoms with van der Waals surface area (Å²) < 4.78 is 13.9. The highest BCUT2D eigenvalue weighted by molar-refractivity contribution is 5.59. The molecule has 1 fully saturated rings. The molecule has 2 N–H and O–H groups in total. The van der Waals surface area contributed by atoms with E-state index in [1.54, 1.807) is 24.3 Å². The summed E-state index contributed by atoms with van der Waals surface area (Å²) in [4.78, 5) is 13.1. The topological polar surface area (TPSA) is 64.5 Å². The number of aliphatic hydroxyl groups is 1. The van der Waals surface area contributed by atoms with Crippen molar-refractivity contribution in [1.82, 2.24) is 14.9 Å². The molecule has 2 aromatic carbocycles. The van der Waals surface area contributed by atoms with E-state index >= 15 is 0 Å². The largest absolute Gasteiger partial charge is 0.390 e. The van der Waals surface area contributed by atoms with Gasteiger partial charge in [-0.1, -0.05) is 36.4 Å². The summed E-state index contributed by atoms with van der Waals surface area (Å²) in [5.41, 5.74) is 3.15. The summed E-state index contributed by atoms with van der Waals surface area (Å²) >= 11 is 0. The third kappa shape index (κ3) is 4.24. The number of piperidine rings is 1. The van der Waals surface area contributed by atoms with Gasteiger partial charge in [0, 0.05) is 38.3 Å². The summed E-state index contributed by atoms with van der Waals surface area (Å²) in [7, 11) is 0. The normalized spacial score (nSPS) is 21.5. The zero-order valence-corrected chi connectivity index (χ0v) is 17.3. The smallest absolute Gasteiger partial charge is 0.146 e. The van der Waals surface area contributed by atoms with Gasteiger partial charge in [0.1, 0.15) is 23.8 Å². The molecular weight excluding hydrogens is 393 g/mol. The van der Waals surface area contributed by atoms with Gasteiger partial charge in [-0.15, -0.1) is 0 Å². The molecule has 2 atom stereocenters. The minimum Gasteiger partial charge on any atom is -0.390 e. The number of hydrogen-bond acceptors (Lipinski definition) is 6. The summed E-state index contributed by atoms with van der Waals surface area (Å²) in [6, 6.07) is 17.0. The van der Waals surface area contributed by atoms with Crippen LogP contribution in [0, 0.1) is 5.82 Å². The molecule has 0 radical (unpaired) electrons. The zero-order valence-electron chi connectivity index (χ0n) is 17.3. The Bertz CT molecular complexity index is 1060. The second-order valence-corrected chi connectivity index (χ2v) is 8.22. The van der Waals surface area contributed by atoms with E-state index in [1.165, 1.54) is 23.5 Å². The van der Waals surface area contributed by atoms with E-state index in [1.807, 2.05) is 0 Å². The standard InChI is InChI=1S/C24H26FN5O/c25-19-7-3-4-8-20(19)28-23-13-24(27-16-26-23)30-12-10-21(22(31)15-30)29-11-9-17-5-1-2-6-18(17)14-29/h1-8,13,16,21-22,31H,9-12,14-15H2,(H,26,27,28)/t21-,22-/m1/s1. The lowest BCUT2D eigenvalue weighted by molar-refractivity contribution is 0.0293. The third-order valence-corrected chi connectivity index (χ3v) is 6.29. The van der Waals surface area contributed by atoms with Gasteiger partial charge in [0.05, 0.1) is 11.8 Å². The van der Waals surface area contributed by atoms with Gasteiger partial charge in [-0.3, -0.25) is 4.90 Å². The molecule has 0 amide bonds. The molecule has 3 aromatic rings. The van der Waals surface area contributed by atoms with Crippen LogP contribution in [0.25, 0.3) is 0 Å². The fraction of sp³-hybridized carbons (Fsp3) is 0.333. The third-order valence-electron chi connectivity index (χ3n) is 6.29. The van der Waals surface area contributed by atoms with E-state index in [9.17, 15) is 9.50 Å². The molecule has 31 heavy (non-hydrogen) atoms. The Labute approximate surface area is 181 Å². The number of aliphatic hydroxyl groups excluding tert-OH is 1. The molecule has 1 aromatic heterocycles. The molecule has 0 spiro atoms. The Morgan fingerprint density at radius 3 is 2.65 bits per heavy atom. The van der Waals surface area contributed by atoms with Crippen LogP contribution in [0.3, 0.4) is 0 Å². The van der Waals surface area contributed by atoms with E-state index in [2.05, 4.69) is 49.4 Å². The van der Waals surface area contributed by atoms with E-state index in [-0.39, 0.29) is 11.9 Å². The number of nitrogens with zero attached hydrogens (tertiary/aromatic N) is 4. The van der Waals surface area contributed by atoms with Crippen LogP contribution in [-0.2, 0) is 13.0 Å². The predicted octanol–water partition coefficient (Wildman–Crippen LogP) is 3.36. The van der Waals surface area contributed by atoms with Gasteiger partial charge in [0.15, 0.2) is 0 Å². The van der Waals surface area contributed by atoms with Crippen molar-refractivity contribution < 1.29 is 9.50 Å². The Balaban J connectivity index is 1.25. The van der Waals surface area contributed by atoms with Crippen molar-refractivity contribution in [2.45, 2.75) is 31.5 Å². The van der Waals surface area contributed by atoms with Crippen LogP contribution < -0.4 is 10.2 Å². The van der Waals surface area contributed by atoms with Crippen molar-refractivity contribution in [1.29, 1.82) is 0 Å². The Hall–Kier alpha value is -3.03. The van der Waals surface area contributed by atoms with Gasteiger partial charge in [0.25, 0.3) is 0 Å². The molecule has 160 valence electrons. The van der Waals surface area contributed by atoms with Crippen LogP contribution in [0.1, 0.15) is 17.5 Å². The number of fused-ring (bicyclic) bond motifs is 1. The first-order chi connectivity index (χ1) is 15.2. The van der Waals surface area contributed by atoms with E-state index in [0.717, 1.165) is 38.3 Å². The average molecular weight is 420 g/mol. The van der Waals surface area contributed by atoms with Crippen molar-refractivity contribution >= 4 is 17.3 Å². The molecule has 2 aliphatic heterocycles. The summed E-state index contributed by atoms with van der Waals surface area (Å²) in [5.74, 6) is 0.927. The first kappa shape index (κ1) is 19.9. The Morgan fingerprint density at radius 2 is 1.81 bits per heavy atom. The van der Waals surface area contributed by atoms with Crippen molar-refractivity contribution in [3.8, 4) is 0 Å². The summed E-state index contributed by atoms with van der Waals surface area (Å²) in [6.45, 7) is 3.18. The van der Waals surface area contributed by atoms with Crippen LogP contribution >= 0.6 is 0 Å². The zero-order chi connectivity index (χ0) is 21.2. The second kappa shape index (κ2) is 8.61. The average Bonchev–Trinajstić information content (AvgIpc) is 2.80. The van der Waals surface area contributed by atoms with Crippen LogP contribution in [0.4, 0.5) is 21.7 Å². The number of rotatable bonds is 4. The summed E-state index contributed by atoms with van der Waals surface area (Å²) in [5, 5.41) is 14.0. The number of para-hydroxylation sites is 1. The number of β-amino-alcohol motifs (C(OH)–C–C–N with tert-alkyl or cyclic N) is 1. The molecule has 0 unspecified atom stereocenters. The molecule has 7 heteroatoms. The van der Waals surface area contributed by atoms with Crippen LogP contribution in [0.2, 0.25) is 0 Å². The molecule has 1 saturated heterocycles. The van der Waals surface area contributed by atoms with E-state index in [0.29, 0.717) is 18.1 Å². The number of benzene rings is 2. The van der Waals surface area contributed by atoms with Gasteiger partial charge in [-0.25, -0.2) is 14.4 Å². The predicted molar refractivity (Wildman–Crippen MR) is 119 cm³/mol. The maximum absolute atomic E-state index is 13.9. The number of aromatic nitrogens is 2. The minimum atomic E-state index is -0.461. The highest BCUT2D eigenvalue weighted by Gasteiger charge is 2.34. The number of nitrogens with one attached hydrogen (secondary N) is 1. The molecule has 2 aliphatic rings. The lowest BCUT2D eigenvalue weighted by atomic mass is 9.94. The van der Waals surface area contributed by atoms with Crippen molar-refractivity contribution in [3.63, 3.8) is 0 Å². The first-order valence-electron chi connectivity index (χ1n) is 10.7. The Morgan fingerprint density at radius 1 is 1.00 bits per heavy atom. The highest BCUT2D eigenvalue weighted by Crippen LogP contribution is 2.28. The fourth-order valence-corrected chi connectivity index (χ4v) is 4.64. The molecule has 0 bridgehead atoms. The van der Waals surface area contributed by atoms with Gasteiger partial charge in [0.2, 0.25) is 0 Å². The molecule has 3 heterocycles. The molecule has 0 saturated carbocycles. The van der Waals surface area contributed by atoms with Gasteiger partial charge < -0.3 is 15.3 Å². The first-order valence-corrected chi connectivity index (χ1v) is 10.7. The molecule has 5 rings (SSSR count). The van der Waals surface area contributed by atoms with Crippen molar-refractivity contribution in [2.24, 2.45) is 0 Å². The second-order valence-electron chi connectivity index (χ2n) is 8.22. The number of hydrogen-bond donors (Lipinski definition) is 2. The molecule has 0 aliphatic carbocycles. The number of anilines is 3. The molecular formula is C24H26FN5O. The number of halogens is 1. The van der Waals surface area contributed by atoms with Gasteiger partial charge in [-0.05, 0) is 36.1 Å².